The lowest BCUT2D eigenvalue weighted by molar-refractivity contribution is 0.0938. The summed E-state index contributed by atoms with van der Waals surface area (Å²) in [6.45, 7) is 3.69. The summed E-state index contributed by atoms with van der Waals surface area (Å²) in [6.07, 6.45) is 2.59. The molecule has 2 aromatic rings. The molecule has 0 aliphatic carbocycles. The first-order valence-corrected chi connectivity index (χ1v) is 8.25. The molecule has 1 atom stereocenters. The van der Waals surface area contributed by atoms with E-state index in [1.165, 1.54) is 12.1 Å². The van der Waals surface area contributed by atoms with E-state index in [-0.39, 0.29) is 17.6 Å². The number of carbonyl (C=O) groups is 1. The Morgan fingerprint density at radius 1 is 1.36 bits per heavy atom. The maximum atomic E-state index is 12.9. The van der Waals surface area contributed by atoms with Gasteiger partial charge >= 0.3 is 0 Å². The van der Waals surface area contributed by atoms with Gasteiger partial charge in [-0.05, 0) is 50.6 Å². The number of rotatable bonds is 5. The number of hydrogen-bond donors (Lipinski definition) is 0. The molecule has 0 amide bonds. The molecule has 1 saturated heterocycles. The molecule has 0 radical (unpaired) electrons. The number of carbonyl (C=O) groups excluding carboxylic acids is 1. The van der Waals surface area contributed by atoms with Crippen LogP contribution in [0.5, 0.6) is 0 Å². The monoisotopic (exact) mass is 319 g/mol. The number of Topliss-reactive ketones (excluding diaryl/α,β-unsaturated/α-hetero) is 1. The zero-order valence-corrected chi connectivity index (χ0v) is 13.3. The first-order valence-electron chi connectivity index (χ1n) is 7.43. The van der Waals surface area contributed by atoms with Gasteiger partial charge in [0.1, 0.15) is 15.8 Å². The molecule has 6 heteroatoms. The molecule has 22 heavy (non-hydrogen) atoms. The fourth-order valence-corrected chi connectivity index (χ4v) is 3.61. The summed E-state index contributed by atoms with van der Waals surface area (Å²) < 4.78 is 12.9. The quantitative estimate of drug-likeness (QED) is 0.794. The van der Waals surface area contributed by atoms with Gasteiger partial charge in [-0.1, -0.05) is 0 Å². The number of benzene rings is 1. The summed E-state index contributed by atoms with van der Waals surface area (Å²) in [6, 6.07) is 6.03. The second kappa shape index (κ2) is 6.62. The Labute approximate surface area is 133 Å². The number of nitrogens with zero attached hydrogens (tertiary/aromatic N) is 3. The molecule has 0 N–H and O–H groups in total. The van der Waals surface area contributed by atoms with Crippen LogP contribution in [0, 0.1) is 12.7 Å². The fourth-order valence-electron chi connectivity index (χ4n) is 2.88. The summed E-state index contributed by atoms with van der Waals surface area (Å²) in [7, 11) is 0. The smallest absolute Gasteiger partial charge is 0.164 e. The summed E-state index contributed by atoms with van der Waals surface area (Å²) in [5.41, 5.74) is 0.583. The third-order valence-corrected chi connectivity index (χ3v) is 4.82. The van der Waals surface area contributed by atoms with Crippen molar-refractivity contribution in [2.75, 3.05) is 6.54 Å². The Bertz CT molecular complexity index is 656. The zero-order chi connectivity index (χ0) is 15.5. The number of likely N-dealkylation sites (tertiary alicyclic amines) is 1. The van der Waals surface area contributed by atoms with E-state index >= 15 is 0 Å². The van der Waals surface area contributed by atoms with Crippen molar-refractivity contribution in [3.8, 4) is 0 Å². The van der Waals surface area contributed by atoms with Crippen LogP contribution in [0.1, 0.15) is 39.6 Å². The molecule has 1 aromatic carbocycles. The fraction of sp³-hybridized carbons (Fsp3) is 0.438. The van der Waals surface area contributed by atoms with Crippen LogP contribution in [-0.4, -0.2) is 33.5 Å². The van der Waals surface area contributed by atoms with Gasteiger partial charge in [0.15, 0.2) is 5.78 Å². The Morgan fingerprint density at radius 3 is 2.82 bits per heavy atom. The third kappa shape index (κ3) is 3.56. The number of halogens is 1. The first kappa shape index (κ1) is 15.2. The molecule has 4 nitrogen and oxygen atoms in total. The molecular formula is C16H18FN3OS. The second-order valence-corrected chi connectivity index (χ2v) is 6.88. The lowest BCUT2D eigenvalue weighted by Gasteiger charge is -2.22. The SMILES string of the molecule is Cc1nnc(CN2CCCC2CC(=O)c2ccc(F)cc2)s1. The number of ketones is 1. The van der Waals surface area contributed by atoms with E-state index in [9.17, 15) is 9.18 Å². The van der Waals surface area contributed by atoms with Crippen LogP contribution in [0.4, 0.5) is 4.39 Å². The van der Waals surface area contributed by atoms with Crippen molar-refractivity contribution in [2.45, 2.75) is 38.8 Å². The minimum absolute atomic E-state index is 0.0744. The van der Waals surface area contributed by atoms with Crippen LogP contribution in [0.25, 0.3) is 0 Å². The molecule has 0 saturated carbocycles. The highest BCUT2D eigenvalue weighted by atomic mass is 32.1. The third-order valence-electron chi connectivity index (χ3n) is 3.99. The predicted octanol–water partition coefficient (Wildman–Crippen LogP) is 3.22. The standard InChI is InChI=1S/C16H18FN3OS/c1-11-18-19-16(22-11)10-20-8-2-3-14(20)9-15(21)12-4-6-13(17)7-5-12/h4-7,14H,2-3,8-10H2,1H3. The van der Waals surface area contributed by atoms with Crippen LogP contribution in [0.2, 0.25) is 0 Å². The van der Waals surface area contributed by atoms with Gasteiger partial charge in [-0.3, -0.25) is 9.69 Å². The molecule has 3 rings (SSSR count). The lowest BCUT2D eigenvalue weighted by Crippen LogP contribution is -2.30. The van der Waals surface area contributed by atoms with Crippen LogP contribution in [0.15, 0.2) is 24.3 Å². The van der Waals surface area contributed by atoms with Crippen molar-refractivity contribution in [2.24, 2.45) is 0 Å². The minimum Gasteiger partial charge on any atom is -0.294 e. The van der Waals surface area contributed by atoms with Gasteiger partial charge in [-0.25, -0.2) is 4.39 Å². The van der Waals surface area contributed by atoms with Crippen molar-refractivity contribution >= 4 is 17.1 Å². The van der Waals surface area contributed by atoms with E-state index in [1.807, 2.05) is 6.92 Å². The predicted molar refractivity (Wildman–Crippen MR) is 83.4 cm³/mol. The number of aromatic nitrogens is 2. The van der Waals surface area contributed by atoms with Crippen LogP contribution in [-0.2, 0) is 6.54 Å². The van der Waals surface area contributed by atoms with Gasteiger partial charge < -0.3 is 0 Å². The molecule has 1 aliphatic heterocycles. The van der Waals surface area contributed by atoms with Gasteiger partial charge in [-0.15, -0.1) is 21.5 Å². The second-order valence-electron chi connectivity index (χ2n) is 5.62. The summed E-state index contributed by atoms with van der Waals surface area (Å²) in [5, 5.41) is 10.2. The summed E-state index contributed by atoms with van der Waals surface area (Å²) in [4.78, 5) is 14.6. The average Bonchev–Trinajstić information content (AvgIpc) is 3.10. The van der Waals surface area contributed by atoms with Crippen molar-refractivity contribution in [1.82, 2.24) is 15.1 Å². The van der Waals surface area contributed by atoms with Crippen LogP contribution < -0.4 is 0 Å². The average molecular weight is 319 g/mol. The highest BCUT2D eigenvalue weighted by Gasteiger charge is 2.27. The largest absolute Gasteiger partial charge is 0.294 e. The molecule has 0 bridgehead atoms. The van der Waals surface area contributed by atoms with Crippen molar-refractivity contribution in [3.63, 3.8) is 0 Å². The normalized spacial score (nSPS) is 18.7. The van der Waals surface area contributed by atoms with Gasteiger partial charge in [0, 0.05) is 18.0 Å². The Hall–Kier alpha value is -1.66. The topological polar surface area (TPSA) is 46.1 Å². The Kier molecular flexibility index (Phi) is 4.59. The van der Waals surface area contributed by atoms with Crippen molar-refractivity contribution in [1.29, 1.82) is 0 Å². The molecular weight excluding hydrogens is 301 g/mol. The summed E-state index contributed by atoms with van der Waals surface area (Å²) in [5.74, 6) is -0.240. The maximum Gasteiger partial charge on any atom is 0.164 e. The van der Waals surface area contributed by atoms with Gasteiger partial charge in [0.25, 0.3) is 0 Å². The molecule has 1 aliphatic rings. The number of hydrogen-bond acceptors (Lipinski definition) is 5. The Morgan fingerprint density at radius 2 is 2.14 bits per heavy atom. The van der Waals surface area contributed by atoms with Gasteiger partial charge in [0.2, 0.25) is 0 Å². The molecule has 1 unspecified atom stereocenters. The summed E-state index contributed by atoms with van der Waals surface area (Å²) >= 11 is 1.60. The number of aryl methyl sites for hydroxylation is 1. The first-order chi connectivity index (χ1) is 10.6. The van der Waals surface area contributed by atoms with E-state index < -0.39 is 0 Å². The molecule has 1 aromatic heterocycles. The molecule has 116 valence electrons. The van der Waals surface area contributed by atoms with Crippen LogP contribution >= 0.6 is 11.3 Å². The van der Waals surface area contributed by atoms with Crippen molar-refractivity contribution in [3.05, 3.63) is 45.7 Å². The zero-order valence-electron chi connectivity index (χ0n) is 12.5. The van der Waals surface area contributed by atoms with E-state index in [0.717, 1.165) is 35.9 Å². The highest BCUT2D eigenvalue weighted by molar-refractivity contribution is 7.11. The van der Waals surface area contributed by atoms with E-state index in [0.29, 0.717) is 12.0 Å². The van der Waals surface area contributed by atoms with Crippen LogP contribution in [0.3, 0.4) is 0 Å². The molecule has 0 spiro atoms. The molecule has 1 fully saturated rings. The van der Waals surface area contributed by atoms with E-state index in [2.05, 4.69) is 15.1 Å². The van der Waals surface area contributed by atoms with Gasteiger partial charge in [0.05, 0.1) is 6.54 Å². The Balaban J connectivity index is 1.63. The van der Waals surface area contributed by atoms with E-state index in [4.69, 9.17) is 0 Å². The lowest BCUT2D eigenvalue weighted by atomic mass is 10.0. The van der Waals surface area contributed by atoms with Crippen molar-refractivity contribution < 1.29 is 9.18 Å². The molecule has 2 heterocycles. The minimum atomic E-state index is -0.314. The van der Waals surface area contributed by atoms with Gasteiger partial charge in [-0.2, -0.15) is 0 Å². The maximum absolute atomic E-state index is 12.9. The highest BCUT2D eigenvalue weighted by Crippen LogP contribution is 2.25. The van der Waals surface area contributed by atoms with E-state index in [1.54, 1.807) is 23.5 Å².